The fraction of sp³-hybridized carbons (Fsp3) is 0.611. The summed E-state index contributed by atoms with van der Waals surface area (Å²) in [6, 6.07) is 7.83. The molecule has 2 aliphatic heterocycles. The van der Waals surface area contributed by atoms with E-state index >= 15 is 0 Å². The minimum atomic E-state index is -0.00350. The second-order valence-electron chi connectivity index (χ2n) is 5.98. The highest BCUT2D eigenvalue weighted by Gasteiger charge is 2.41. The van der Waals surface area contributed by atoms with Crippen molar-refractivity contribution in [3.63, 3.8) is 0 Å². The maximum atomic E-state index is 12.2. The predicted molar refractivity (Wildman–Crippen MR) is 89.2 cm³/mol. The molecule has 2 fully saturated rings. The molecule has 1 unspecified atom stereocenters. The Labute approximate surface area is 133 Å². The molecule has 1 spiro atoms. The van der Waals surface area contributed by atoms with E-state index in [2.05, 4.69) is 10.6 Å². The van der Waals surface area contributed by atoms with Gasteiger partial charge in [0.2, 0.25) is 0 Å². The third-order valence-electron chi connectivity index (χ3n) is 4.37. The molecule has 122 valence electrons. The number of ether oxygens (including phenoxy) is 1. The molecule has 0 bridgehead atoms. The molecule has 2 saturated heterocycles. The lowest BCUT2D eigenvalue weighted by Gasteiger charge is -2.32. The van der Waals surface area contributed by atoms with E-state index in [1.165, 1.54) is 5.56 Å². The van der Waals surface area contributed by atoms with Gasteiger partial charge >= 0.3 is 0 Å². The Morgan fingerprint density at radius 3 is 2.50 bits per heavy atom. The molecule has 0 radical (unpaired) electrons. The molecule has 0 aromatic heterocycles. The Morgan fingerprint density at radius 1 is 1.23 bits per heavy atom. The largest absolute Gasteiger partial charge is 0.373 e. The first kappa shape index (κ1) is 17.0. The topological polar surface area (TPSA) is 50.4 Å². The summed E-state index contributed by atoms with van der Waals surface area (Å²) in [6.45, 7) is 8.68. The Kier molecular flexibility index (Phi) is 5.98. The lowest BCUT2D eigenvalue weighted by atomic mass is 9.88. The van der Waals surface area contributed by atoms with E-state index in [-0.39, 0.29) is 17.6 Å². The summed E-state index contributed by atoms with van der Waals surface area (Å²) in [5.74, 6) is 0.00424. The van der Waals surface area contributed by atoms with Crippen molar-refractivity contribution in [3.05, 3.63) is 35.4 Å². The van der Waals surface area contributed by atoms with Crippen molar-refractivity contribution in [3.8, 4) is 0 Å². The van der Waals surface area contributed by atoms with Crippen molar-refractivity contribution in [2.75, 3.05) is 19.7 Å². The molecule has 0 aliphatic carbocycles. The summed E-state index contributed by atoms with van der Waals surface area (Å²) in [7, 11) is 0. The monoisotopic (exact) mass is 304 g/mol. The quantitative estimate of drug-likeness (QED) is 0.883. The zero-order valence-electron chi connectivity index (χ0n) is 13.9. The lowest BCUT2D eigenvalue weighted by molar-refractivity contribution is -0.0194. The normalized spacial score (nSPS) is 22.8. The predicted octanol–water partition coefficient (Wildman–Crippen LogP) is 2.66. The number of nitrogens with one attached hydrogen (secondary N) is 2. The highest BCUT2D eigenvalue weighted by Crippen LogP contribution is 2.33. The number of benzene rings is 1. The summed E-state index contributed by atoms with van der Waals surface area (Å²) in [5.41, 5.74) is 1.89. The van der Waals surface area contributed by atoms with Crippen molar-refractivity contribution < 1.29 is 9.53 Å². The first-order valence-electron chi connectivity index (χ1n) is 8.39. The molecule has 22 heavy (non-hydrogen) atoms. The molecule has 3 rings (SSSR count). The number of carbonyl (C=O) groups is 1. The van der Waals surface area contributed by atoms with E-state index in [1.54, 1.807) is 0 Å². The molecule has 1 amide bonds. The molecule has 0 saturated carbocycles. The van der Waals surface area contributed by atoms with Crippen LogP contribution in [0.3, 0.4) is 0 Å². The van der Waals surface area contributed by atoms with Gasteiger partial charge in [-0.3, -0.25) is 4.79 Å². The minimum absolute atomic E-state index is 0.00350. The second-order valence-corrected chi connectivity index (χ2v) is 5.98. The Bertz CT molecular complexity index is 478. The van der Waals surface area contributed by atoms with E-state index < -0.39 is 0 Å². The van der Waals surface area contributed by atoms with Gasteiger partial charge < -0.3 is 15.4 Å². The van der Waals surface area contributed by atoms with Gasteiger partial charge in [-0.05, 0) is 51.4 Å². The van der Waals surface area contributed by atoms with Crippen molar-refractivity contribution in [2.45, 2.75) is 51.7 Å². The van der Waals surface area contributed by atoms with E-state index in [1.807, 2.05) is 45.0 Å². The Morgan fingerprint density at radius 2 is 1.86 bits per heavy atom. The fourth-order valence-corrected chi connectivity index (χ4v) is 3.14. The maximum Gasteiger partial charge on any atom is 0.251 e. The van der Waals surface area contributed by atoms with Gasteiger partial charge in [0.15, 0.2) is 0 Å². The van der Waals surface area contributed by atoms with Gasteiger partial charge in [0.05, 0.1) is 18.2 Å². The second kappa shape index (κ2) is 7.75. The average Bonchev–Trinajstić information content (AvgIpc) is 2.92. The molecular weight excluding hydrogens is 276 g/mol. The number of piperidine rings is 1. The SMILES string of the molecule is CC.Cc1ccc(C(=O)NC2COC3(CCNCC3)C2)cc1. The number of hydrogen-bond acceptors (Lipinski definition) is 3. The van der Waals surface area contributed by atoms with Crippen LogP contribution < -0.4 is 10.6 Å². The van der Waals surface area contributed by atoms with Crippen LogP contribution in [0.2, 0.25) is 0 Å². The molecule has 4 heteroatoms. The van der Waals surface area contributed by atoms with Crippen LogP contribution >= 0.6 is 0 Å². The Balaban J connectivity index is 0.000000847. The number of hydrogen-bond donors (Lipinski definition) is 2. The fourth-order valence-electron chi connectivity index (χ4n) is 3.14. The van der Waals surface area contributed by atoms with Crippen LogP contribution in [0, 0.1) is 6.92 Å². The molecule has 4 nitrogen and oxygen atoms in total. The molecule has 2 N–H and O–H groups in total. The van der Waals surface area contributed by atoms with Gasteiger partial charge in [0.1, 0.15) is 0 Å². The molecule has 2 aliphatic rings. The molecule has 1 aromatic rings. The van der Waals surface area contributed by atoms with Crippen LogP contribution in [-0.2, 0) is 4.74 Å². The van der Waals surface area contributed by atoms with Crippen LogP contribution in [-0.4, -0.2) is 37.2 Å². The van der Waals surface area contributed by atoms with Crippen LogP contribution in [0.15, 0.2) is 24.3 Å². The van der Waals surface area contributed by atoms with E-state index in [0.717, 1.165) is 37.9 Å². The summed E-state index contributed by atoms with van der Waals surface area (Å²) < 4.78 is 6.00. The zero-order chi connectivity index (χ0) is 16.0. The standard InChI is InChI=1S/C16H22N2O2.C2H6/c1-12-2-4-13(5-3-12)15(19)18-14-10-16(20-11-14)6-8-17-9-7-16;1-2/h2-5,14,17H,6-11H2,1H3,(H,18,19);1-2H3. The van der Waals surface area contributed by atoms with Gasteiger partial charge in [0.25, 0.3) is 5.91 Å². The van der Waals surface area contributed by atoms with Crippen molar-refractivity contribution in [2.24, 2.45) is 0 Å². The van der Waals surface area contributed by atoms with E-state index in [0.29, 0.717) is 6.61 Å². The Hall–Kier alpha value is -1.39. The molecule has 1 atom stereocenters. The lowest BCUT2D eigenvalue weighted by Crippen LogP contribution is -2.43. The van der Waals surface area contributed by atoms with Crippen LogP contribution in [0.4, 0.5) is 0 Å². The van der Waals surface area contributed by atoms with Crippen LogP contribution in [0.1, 0.15) is 49.0 Å². The summed E-state index contributed by atoms with van der Waals surface area (Å²) in [5, 5.41) is 6.46. The minimum Gasteiger partial charge on any atom is -0.373 e. The van der Waals surface area contributed by atoms with Crippen molar-refractivity contribution in [1.82, 2.24) is 10.6 Å². The number of aryl methyl sites for hydroxylation is 1. The first-order chi connectivity index (χ1) is 10.7. The summed E-state index contributed by atoms with van der Waals surface area (Å²) in [6.07, 6.45) is 3.03. The third-order valence-corrected chi connectivity index (χ3v) is 4.37. The van der Waals surface area contributed by atoms with Gasteiger partial charge in [-0.1, -0.05) is 31.5 Å². The van der Waals surface area contributed by atoms with Crippen LogP contribution in [0.5, 0.6) is 0 Å². The van der Waals surface area contributed by atoms with Crippen LogP contribution in [0.25, 0.3) is 0 Å². The maximum absolute atomic E-state index is 12.2. The first-order valence-corrected chi connectivity index (χ1v) is 8.39. The highest BCUT2D eigenvalue weighted by atomic mass is 16.5. The molecule has 1 aromatic carbocycles. The number of amides is 1. The van der Waals surface area contributed by atoms with Crippen molar-refractivity contribution in [1.29, 1.82) is 0 Å². The van der Waals surface area contributed by atoms with Gasteiger partial charge in [-0.25, -0.2) is 0 Å². The smallest absolute Gasteiger partial charge is 0.251 e. The number of carbonyl (C=O) groups excluding carboxylic acids is 1. The van der Waals surface area contributed by atoms with Gasteiger partial charge in [0, 0.05) is 5.56 Å². The average molecular weight is 304 g/mol. The summed E-state index contributed by atoms with van der Waals surface area (Å²) >= 11 is 0. The van der Waals surface area contributed by atoms with Crippen molar-refractivity contribution >= 4 is 5.91 Å². The van der Waals surface area contributed by atoms with Gasteiger partial charge in [-0.15, -0.1) is 0 Å². The summed E-state index contributed by atoms with van der Waals surface area (Å²) in [4.78, 5) is 12.2. The van der Waals surface area contributed by atoms with E-state index in [4.69, 9.17) is 4.74 Å². The zero-order valence-corrected chi connectivity index (χ0v) is 13.9. The van der Waals surface area contributed by atoms with Gasteiger partial charge in [-0.2, -0.15) is 0 Å². The number of rotatable bonds is 2. The molecular formula is C18H28N2O2. The van der Waals surface area contributed by atoms with E-state index in [9.17, 15) is 4.79 Å². The molecule has 2 heterocycles. The highest BCUT2D eigenvalue weighted by molar-refractivity contribution is 5.94. The third kappa shape index (κ3) is 4.08.